The Morgan fingerprint density at radius 3 is 2.70 bits per heavy atom. The zero-order valence-corrected chi connectivity index (χ0v) is 19.3. The van der Waals surface area contributed by atoms with Gasteiger partial charge in [-0.15, -0.1) is 5.10 Å². The molecule has 33 heavy (non-hydrogen) atoms. The molecule has 168 valence electrons. The Balaban J connectivity index is 1.24. The number of hydrogen-bond donors (Lipinski definition) is 1. The minimum atomic E-state index is -0.407. The van der Waals surface area contributed by atoms with Crippen molar-refractivity contribution in [2.45, 2.75) is 13.0 Å². The average molecular weight is 483 g/mol. The van der Waals surface area contributed by atoms with Crippen LogP contribution in [-0.4, -0.2) is 51.7 Å². The van der Waals surface area contributed by atoms with E-state index in [1.165, 1.54) is 6.20 Å². The van der Waals surface area contributed by atoms with Crippen LogP contribution in [0.4, 0.5) is 5.82 Å². The molecule has 0 amide bonds. The summed E-state index contributed by atoms with van der Waals surface area (Å²) in [6, 6.07) is 9.86. The van der Waals surface area contributed by atoms with Crippen molar-refractivity contribution >= 4 is 39.9 Å². The Morgan fingerprint density at radius 2 is 2.00 bits per heavy atom. The van der Waals surface area contributed by atoms with E-state index in [1.807, 2.05) is 37.4 Å². The van der Waals surface area contributed by atoms with Crippen molar-refractivity contribution in [3.05, 3.63) is 58.5 Å². The monoisotopic (exact) mass is 482 g/mol. The number of benzene rings is 1. The summed E-state index contributed by atoms with van der Waals surface area (Å²) in [4.78, 5) is 6.96. The van der Waals surface area contributed by atoms with Gasteiger partial charge in [0, 0.05) is 30.2 Å². The third kappa shape index (κ3) is 3.58. The molecule has 2 aliphatic rings. The first-order valence-electron chi connectivity index (χ1n) is 10.6. The normalized spacial score (nSPS) is 17.6. The lowest BCUT2D eigenvalue weighted by Crippen LogP contribution is -2.66. The molecule has 0 saturated carbocycles. The highest BCUT2D eigenvalue weighted by Crippen LogP contribution is 2.40. The maximum absolute atomic E-state index is 6.25. The van der Waals surface area contributed by atoms with Crippen LogP contribution >= 0.6 is 23.2 Å². The van der Waals surface area contributed by atoms with Gasteiger partial charge in [-0.05, 0) is 37.3 Å². The van der Waals surface area contributed by atoms with Crippen LogP contribution in [0, 0.1) is 5.41 Å². The summed E-state index contributed by atoms with van der Waals surface area (Å²) in [5.41, 5.74) is 3.61. The fourth-order valence-electron chi connectivity index (χ4n) is 4.48. The molecule has 0 unspecified atom stereocenters. The molecule has 2 aliphatic heterocycles. The molecule has 10 heteroatoms. The third-order valence-electron chi connectivity index (χ3n) is 6.26. The molecule has 0 radical (unpaired) electrons. The molecule has 8 nitrogen and oxygen atoms in total. The minimum absolute atomic E-state index is 0.226. The highest BCUT2D eigenvalue weighted by Gasteiger charge is 2.49. The molecule has 6 rings (SSSR count). The summed E-state index contributed by atoms with van der Waals surface area (Å²) < 4.78 is 11.5. The van der Waals surface area contributed by atoms with E-state index in [4.69, 9.17) is 32.7 Å². The van der Waals surface area contributed by atoms with Crippen LogP contribution in [0.3, 0.4) is 0 Å². The van der Waals surface area contributed by atoms with Crippen LogP contribution in [0.25, 0.3) is 22.2 Å². The van der Waals surface area contributed by atoms with Crippen molar-refractivity contribution in [2.75, 3.05) is 31.2 Å². The Kier molecular flexibility index (Phi) is 4.90. The van der Waals surface area contributed by atoms with Gasteiger partial charge >= 0.3 is 0 Å². The van der Waals surface area contributed by atoms with Crippen LogP contribution in [0.1, 0.15) is 18.6 Å². The topological polar surface area (TPSA) is 89.0 Å². The molecule has 2 fully saturated rings. The number of H-pyrrole nitrogens is 1. The lowest BCUT2D eigenvalue weighted by molar-refractivity contribution is -0.127. The molecule has 0 bridgehead atoms. The van der Waals surface area contributed by atoms with Gasteiger partial charge in [-0.25, -0.2) is 4.98 Å². The largest absolute Gasteiger partial charge is 0.486 e. The van der Waals surface area contributed by atoms with Gasteiger partial charge in [-0.3, -0.25) is 5.10 Å². The van der Waals surface area contributed by atoms with Gasteiger partial charge in [0.15, 0.2) is 5.15 Å². The SMILES string of the molecule is C[C@@H](Oc1ccc2[nH]nc(-c3ccc(N4CC5(COC5)C4)nc3)c2c1)c1c(Cl)cnnc1Cl. The molecule has 5 heterocycles. The number of aromatic amines is 1. The van der Waals surface area contributed by atoms with Crippen molar-refractivity contribution < 1.29 is 9.47 Å². The third-order valence-corrected chi connectivity index (χ3v) is 6.84. The average Bonchev–Trinajstić information content (AvgIpc) is 3.15. The molecular weight excluding hydrogens is 463 g/mol. The predicted molar refractivity (Wildman–Crippen MR) is 126 cm³/mol. The van der Waals surface area contributed by atoms with Gasteiger partial charge in [-0.1, -0.05) is 23.2 Å². The van der Waals surface area contributed by atoms with Gasteiger partial charge in [0.25, 0.3) is 0 Å². The summed E-state index contributed by atoms with van der Waals surface area (Å²) in [6.45, 7) is 5.60. The number of ether oxygens (including phenoxy) is 2. The molecular formula is C23H20Cl2N6O2. The second-order valence-corrected chi connectivity index (χ2v) is 9.46. The van der Waals surface area contributed by atoms with Crippen LogP contribution in [0.2, 0.25) is 10.2 Å². The molecule has 0 aliphatic carbocycles. The molecule has 2 saturated heterocycles. The van der Waals surface area contributed by atoms with Gasteiger partial charge < -0.3 is 14.4 Å². The molecule has 1 aromatic carbocycles. The zero-order chi connectivity index (χ0) is 22.6. The summed E-state index contributed by atoms with van der Waals surface area (Å²) in [5.74, 6) is 1.65. The maximum Gasteiger partial charge on any atom is 0.160 e. The second kappa shape index (κ2) is 7.83. The van der Waals surface area contributed by atoms with Crippen LogP contribution in [0.15, 0.2) is 42.7 Å². The number of fused-ring (bicyclic) bond motifs is 1. The van der Waals surface area contributed by atoms with Crippen LogP contribution in [0.5, 0.6) is 5.75 Å². The fraction of sp³-hybridized carbons (Fsp3) is 0.304. The fourth-order valence-corrected chi connectivity index (χ4v) is 5.11. The first kappa shape index (κ1) is 20.7. The molecule has 3 aromatic heterocycles. The number of halogens is 2. The lowest BCUT2D eigenvalue weighted by Gasteiger charge is -2.55. The zero-order valence-electron chi connectivity index (χ0n) is 17.8. The van der Waals surface area contributed by atoms with E-state index in [1.54, 1.807) is 0 Å². The summed E-state index contributed by atoms with van der Waals surface area (Å²) in [5, 5.41) is 16.8. The van der Waals surface area contributed by atoms with E-state index in [0.717, 1.165) is 54.3 Å². The van der Waals surface area contributed by atoms with E-state index in [2.05, 4.69) is 36.3 Å². The number of aromatic nitrogens is 5. The quantitative estimate of drug-likeness (QED) is 0.440. The van der Waals surface area contributed by atoms with E-state index in [9.17, 15) is 0 Å². The van der Waals surface area contributed by atoms with Crippen molar-refractivity contribution in [1.82, 2.24) is 25.4 Å². The van der Waals surface area contributed by atoms with Crippen LogP contribution in [-0.2, 0) is 4.74 Å². The van der Waals surface area contributed by atoms with Gasteiger partial charge in [0.05, 0.1) is 40.9 Å². The molecule has 1 atom stereocenters. The maximum atomic E-state index is 6.25. The van der Waals surface area contributed by atoms with E-state index >= 15 is 0 Å². The number of hydrogen-bond acceptors (Lipinski definition) is 7. The Hall–Kier alpha value is -2.94. The van der Waals surface area contributed by atoms with Crippen molar-refractivity contribution in [3.63, 3.8) is 0 Å². The molecule has 1 spiro atoms. The Labute approximate surface area is 199 Å². The predicted octanol–water partition coefficient (Wildman–Crippen LogP) is 4.70. The number of nitrogens with one attached hydrogen (secondary N) is 1. The molecule has 1 N–H and O–H groups in total. The molecule has 4 aromatic rings. The lowest BCUT2D eigenvalue weighted by atomic mass is 9.78. The van der Waals surface area contributed by atoms with E-state index in [0.29, 0.717) is 21.8 Å². The summed E-state index contributed by atoms with van der Waals surface area (Å²) in [7, 11) is 0. The van der Waals surface area contributed by atoms with Gasteiger partial charge in [-0.2, -0.15) is 10.2 Å². The second-order valence-electron chi connectivity index (χ2n) is 8.69. The number of rotatable bonds is 5. The van der Waals surface area contributed by atoms with Crippen LogP contribution < -0.4 is 9.64 Å². The van der Waals surface area contributed by atoms with Crippen molar-refractivity contribution in [2.24, 2.45) is 5.41 Å². The Morgan fingerprint density at radius 1 is 1.15 bits per heavy atom. The number of anilines is 1. The standard InChI is InChI=1S/C23H20Cl2N6O2/c1-13(20-17(24)8-27-30-22(20)25)33-15-3-4-18-16(6-15)21(29-28-18)14-2-5-19(26-7-14)31-9-23(10-31)11-32-12-23/h2-8,13H,9-12H2,1H3,(H,28,29)/t13-/m1/s1. The van der Waals surface area contributed by atoms with E-state index in [-0.39, 0.29) is 5.15 Å². The number of nitrogens with zero attached hydrogens (tertiary/aromatic N) is 5. The van der Waals surface area contributed by atoms with E-state index < -0.39 is 6.10 Å². The highest BCUT2D eigenvalue weighted by atomic mass is 35.5. The smallest absolute Gasteiger partial charge is 0.160 e. The number of pyridine rings is 1. The first-order valence-corrected chi connectivity index (χ1v) is 11.4. The van der Waals surface area contributed by atoms with Gasteiger partial charge in [0.1, 0.15) is 23.4 Å². The first-order chi connectivity index (χ1) is 16.0. The van der Waals surface area contributed by atoms with Gasteiger partial charge in [0.2, 0.25) is 0 Å². The summed E-state index contributed by atoms with van der Waals surface area (Å²) in [6.07, 6.45) is 2.91. The van der Waals surface area contributed by atoms with Crippen molar-refractivity contribution in [1.29, 1.82) is 0 Å². The highest BCUT2D eigenvalue weighted by molar-refractivity contribution is 6.35. The Bertz CT molecular complexity index is 1310. The summed E-state index contributed by atoms with van der Waals surface area (Å²) >= 11 is 12.4. The van der Waals surface area contributed by atoms with Crippen molar-refractivity contribution in [3.8, 4) is 17.0 Å². The minimum Gasteiger partial charge on any atom is -0.486 e.